The second-order valence-corrected chi connectivity index (χ2v) is 4.93. The first kappa shape index (κ1) is 16.7. The summed E-state index contributed by atoms with van der Waals surface area (Å²) in [6.45, 7) is 1.72. The summed E-state index contributed by atoms with van der Waals surface area (Å²) in [5.41, 5.74) is -0.791. The van der Waals surface area contributed by atoms with Gasteiger partial charge in [-0.2, -0.15) is 10.3 Å². The number of hydrogen-bond acceptors (Lipinski definition) is 8. The van der Waals surface area contributed by atoms with Gasteiger partial charge in [-0.15, -0.1) is 5.10 Å². The van der Waals surface area contributed by atoms with Crippen LogP contribution in [0, 0.1) is 10.1 Å². The molecule has 2 aromatic rings. The van der Waals surface area contributed by atoms with Crippen LogP contribution in [-0.2, 0) is 4.74 Å². The summed E-state index contributed by atoms with van der Waals surface area (Å²) in [5, 5.41) is 31.1. The predicted octanol–water partition coefficient (Wildman–Crippen LogP) is 2.03. The van der Waals surface area contributed by atoms with E-state index in [0.29, 0.717) is 0 Å². The van der Waals surface area contributed by atoms with Crippen molar-refractivity contribution in [3.63, 3.8) is 0 Å². The third kappa shape index (κ3) is 2.95. The first-order valence-corrected chi connectivity index (χ1v) is 7.03. The highest BCUT2D eigenvalue weighted by Gasteiger charge is 2.30. The van der Waals surface area contributed by atoms with Crippen LogP contribution < -0.4 is 4.74 Å². The SMILES string of the molecule is CCOC(=O)c1n[nH]nc1-c1c(O)c(OC)cc([N+](=O)[O-])c1Br. The van der Waals surface area contributed by atoms with Crippen LogP contribution in [0.1, 0.15) is 17.4 Å². The van der Waals surface area contributed by atoms with E-state index in [1.54, 1.807) is 6.92 Å². The number of methoxy groups -OCH3 is 1. The molecule has 0 atom stereocenters. The molecule has 2 rings (SSSR count). The lowest BCUT2D eigenvalue weighted by molar-refractivity contribution is -0.385. The predicted molar refractivity (Wildman–Crippen MR) is 80.3 cm³/mol. The Kier molecular flexibility index (Phi) is 4.79. The third-order valence-electron chi connectivity index (χ3n) is 2.85. The van der Waals surface area contributed by atoms with Crippen molar-refractivity contribution >= 4 is 27.6 Å². The standard InChI is InChI=1S/C12H11BrN4O6/c1-3-23-12(19)10-9(14-16-15-10)7-8(13)5(17(20)21)4-6(22-2)11(7)18/h4,18H,3H2,1-2H3,(H,14,15,16). The van der Waals surface area contributed by atoms with Gasteiger partial charge < -0.3 is 14.6 Å². The Balaban J connectivity index is 2.74. The van der Waals surface area contributed by atoms with Gasteiger partial charge in [0.2, 0.25) is 0 Å². The third-order valence-corrected chi connectivity index (χ3v) is 3.66. The maximum Gasteiger partial charge on any atom is 0.361 e. The van der Waals surface area contributed by atoms with Crippen LogP contribution >= 0.6 is 15.9 Å². The molecule has 1 aromatic heterocycles. The first-order valence-electron chi connectivity index (χ1n) is 6.24. The van der Waals surface area contributed by atoms with Gasteiger partial charge in [0.25, 0.3) is 5.69 Å². The Morgan fingerprint density at radius 1 is 1.52 bits per heavy atom. The number of rotatable bonds is 5. The Labute approximate surface area is 137 Å². The molecule has 11 heteroatoms. The van der Waals surface area contributed by atoms with E-state index in [1.165, 1.54) is 7.11 Å². The molecule has 0 spiro atoms. The van der Waals surface area contributed by atoms with Crippen molar-refractivity contribution in [2.45, 2.75) is 6.92 Å². The summed E-state index contributed by atoms with van der Waals surface area (Å²) in [6, 6.07) is 1.05. The number of phenols is 1. The van der Waals surface area contributed by atoms with Crippen LogP contribution in [-0.4, -0.2) is 45.1 Å². The maximum absolute atomic E-state index is 11.9. The number of nitro benzene ring substituents is 1. The number of aromatic nitrogens is 3. The van der Waals surface area contributed by atoms with Gasteiger partial charge >= 0.3 is 5.97 Å². The quantitative estimate of drug-likeness (QED) is 0.451. The van der Waals surface area contributed by atoms with Crippen LogP contribution in [0.2, 0.25) is 0 Å². The van der Waals surface area contributed by atoms with Crippen LogP contribution in [0.5, 0.6) is 11.5 Å². The molecule has 0 aliphatic rings. The number of aromatic amines is 1. The van der Waals surface area contributed by atoms with Crippen molar-refractivity contribution in [2.24, 2.45) is 0 Å². The minimum absolute atomic E-state index is 0.0692. The van der Waals surface area contributed by atoms with Gasteiger partial charge in [0.05, 0.1) is 30.3 Å². The molecule has 0 aliphatic carbocycles. The second-order valence-electron chi connectivity index (χ2n) is 4.13. The molecule has 23 heavy (non-hydrogen) atoms. The fraction of sp³-hybridized carbons (Fsp3) is 0.250. The van der Waals surface area contributed by atoms with Gasteiger partial charge in [0.1, 0.15) is 10.2 Å². The molecule has 0 saturated heterocycles. The molecule has 2 N–H and O–H groups in total. The van der Waals surface area contributed by atoms with Crippen molar-refractivity contribution in [2.75, 3.05) is 13.7 Å². The van der Waals surface area contributed by atoms with Crippen molar-refractivity contribution < 1.29 is 24.3 Å². The Morgan fingerprint density at radius 3 is 2.78 bits per heavy atom. The summed E-state index contributed by atoms with van der Waals surface area (Å²) in [6.07, 6.45) is 0. The molecule has 1 heterocycles. The fourth-order valence-corrected chi connectivity index (χ4v) is 2.50. The van der Waals surface area contributed by atoms with Crippen molar-refractivity contribution in [1.82, 2.24) is 15.4 Å². The number of H-pyrrole nitrogens is 1. The average molecular weight is 387 g/mol. The first-order chi connectivity index (χ1) is 10.9. The van der Waals surface area contributed by atoms with Gasteiger partial charge in [-0.05, 0) is 22.9 Å². The van der Waals surface area contributed by atoms with E-state index in [9.17, 15) is 20.0 Å². The summed E-state index contributed by atoms with van der Waals surface area (Å²) in [5.74, 6) is -1.36. The highest BCUT2D eigenvalue weighted by atomic mass is 79.9. The van der Waals surface area contributed by atoms with Gasteiger partial charge in [0.15, 0.2) is 17.2 Å². The normalized spacial score (nSPS) is 10.4. The number of esters is 1. The Morgan fingerprint density at radius 2 is 2.22 bits per heavy atom. The minimum Gasteiger partial charge on any atom is -0.504 e. The second kappa shape index (κ2) is 6.60. The van der Waals surface area contributed by atoms with E-state index >= 15 is 0 Å². The number of carbonyl (C=O) groups excluding carboxylic acids is 1. The summed E-state index contributed by atoms with van der Waals surface area (Å²) >= 11 is 3.05. The number of aromatic hydroxyl groups is 1. The van der Waals surface area contributed by atoms with Crippen LogP contribution in [0.3, 0.4) is 0 Å². The number of phenolic OH excluding ortho intramolecular Hbond substituents is 1. The van der Waals surface area contributed by atoms with Crippen molar-refractivity contribution in [3.05, 3.63) is 26.3 Å². The van der Waals surface area contributed by atoms with Gasteiger partial charge in [-0.3, -0.25) is 10.1 Å². The van der Waals surface area contributed by atoms with Crippen LogP contribution in [0.25, 0.3) is 11.3 Å². The molecule has 0 aliphatic heterocycles. The zero-order valence-electron chi connectivity index (χ0n) is 12.0. The highest BCUT2D eigenvalue weighted by Crippen LogP contribution is 2.47. The van der Waals surface area contributed by atoms with Gasteiger partial charge in [0, 0.05) is 0 Å². The Bertz CT molecular complexity index is 775. The van der Waals surface area contributed by atoms with Crippen molar-refractivity contribution in [3.8, 4) is 22.8 Å². The lowest BCUT2D eigenvalue weighted by Crippen LogP contribution is -2.07. The van der Waals surface area contributed by atoms with Crippen molar-refractivity contribution in [1.29, 1.82) is 0 Å². The van der Waals surface area contributed by atoms with E-state index < -0.39 is 16.6 Å². The zero-order valence-corrected chi connectivity index (χ0v) is 13.6. The average Bonchev–Trinajstić information content (AvgIpc) is 2.96. The number of ether oxygens (including phenoxy) is 2. The number of nitrogens with one attached hydrogen (secondary N) is 1. The lowest BCUT2D eigenvalue weighted by Gasteiger charge is -2.10. The van der Waals surface area contributed by atoms with E-state index in [2.05, 4.69) is 31.3 Å². The van der Waals surface area contributed by atoms with Gasteiger partial charge in [-0.25, -0.2) is 4.79 Å². The maximum atomic E-state index is 11.9. The molecule has 0 radical (unpaired) electrons. The summed E-state index contributed by atoms with van der Waals surface area (Å²) in [7, 11) is 1.24. The van der Waals surface area contributed by atoms with E-state index in [1.807, 2.05) is 0 Å². The minimum atomic E-state index is -0.784. The molecule has 1 aromatic carbocycles. The Hall–Kier alpha value is -2.69. The van der Waals surface area contributed by atoms with Gasteiger partial charge in [-0.1, -0.05) is 0 Å². The molecule has 0 amide bonds. The molecular formula is C12H11BrN4O6. The van der Waals surface area contributed by atoms with Crippen LogP contribution in [0.4, 0.5) is 5.69 Å². The number of benzene rings is 1. The molecular weight excluding hydrogens is 376 g/mol. The number of halogens is 1. The summed E-state index contributed by atoms with van der Waals surface area (Å²) < 4.78 is 9.70. The van der Waals surface area contributed by atoms with Crippen LogP contribution in [0.15, 0.2) is 10.5 Å². The summed E-state index contributed by atoms with van der Waals surface area (Å²) in [4.78, 5) is 22.4. The largest absolute Gasteiger partial charge is 0.504 e. The van der Waals surface area contributed by atoms with E-state index in [4.69, 9.17) is 9.47 Å². The number of carbonyl (C=O) groups is 1. The number of nitro groups is 1. The monoisotopic (exact) mass is 386 g/mol. The highest BCUT2D eigenvalue weighted by molar-refractivity contribution is 9.10. The topological polar surface area (TPSA) is 140 Å². The molecule has 0 bridgehead atoms. The molecule has 0 unspecified atom stereocenters. The fourth-order valence-electron chi connectivity index (χ4n) is 1.86. The number of hydrogen-bond donors (Lipinski definition) is 2. The van der Waals surface area contributed by atoms with E-state index in [0.717, 1.165) is 6.07 Å². The lowest BCUT2D eigenvalue weighted by atomic mass is 10.1. The molecule has 10 nitrogen and oxygen atoms in total. The number of nitrogens with zero attached hydrogens (tertiary/aromatic N) is 3. The zero-order chi connectivity index (χ0) is 17.1. The molecule has 0 saturated carbocycles. The molecule has 122 valence electrons. The molecule has 0 fully saturated rings. The van der Waals surface area contributed by atoms with E-state index in [-0.39, 0.29) is 39.5 Å². The smallest absolute Gasteiger partial charge is 0.361 e.